The second kappa shape index (κ2) is 9.74. The first-order valence-corrected chi connectivity index (χ1v) is 10.7. The molecule has 3 aromatic rings. The lowest BCUT2D eigenvalue weighted by Gasteiger charge is -2.29. The lowest BCUT2D eigenvalue weighted by molar-refractivity contribution is -0.113. The minimum atomic E-state index is -0.567. The van der Waals surface area contributed by atoms with E-state index in [2.05, 4.69) is 20.7 Å². The zero-order valence-corrected chi connectivity index (χ0v) is 18.8. The summed E-state index contributed by atoms with van der Waals surface area (Å²) in [5.74, 6) is 2.03. The molecule has 172 valence electrons. The van der Waals surface area contributed by atoms with Gasteiger partial charge in [0.05, 0.1) is 25.5 Å². The van der Waals surface area contributed by atoms with Crippen molar-refractivity contribution in [2.24, 2.45) is 0 Å². The maximum absolute atomic E-state index is 13.6. The van der Waals surface area contributed by atoms with Crippen LogP contribution in [-0.2, 0) is 11.2 Å². The van der Waals surface area contributed by atoms with Gasteiger partial charge in [0.1, 0.15) is 17.5 Å². The maximum atomic E-state index is 13.6. The third-order valence-corrected chi connectivity index (χ3v) is 5.49. The average molecular weight is 450 g/mol. The molecule has 0 unspecified atom stereocenters. The van der Waals surface area contributed by atoms with Crippen LogP contribution in [0.1, 0.15) is 30.8 Å². The number of nitrogens with zero attached hydrogens (tertiary/aromatic N) is 3. The van der Waals surface area contributed by atoms with Gasteiger partial charge in [-0.2, -0.15) is 10.1 Å². The molecule has 0 bridgehead atoms. The molecule has 0 saturated heterocycles. The van der Waals surface area contributed by atoms with E-state index in [-0.39, 0.29) is 12.5 Å². The maximum Gasteiger partial charge on any atom is 0.255 e. The number of aryl methyl sites for hydroxylation is 1. The molecule has 9 nitrogen and oxygen atoms in total. The number of benzene rings is 2. The second-order valence-corrected chi connectivity index (χ2v) is 7.59. The highest BCUT2D eigenvalue weighted by Crippen LogP contribution is 2.39. The lowest BCUT2D eigenvalue weighted by atomic mass is 9.94. The Morgan fingerprint density at radius 3 is 2.55 bits per heavy atom. The summed E-state index contributed by atoms with van der Waals surface area (Å²) in [5, 5.41) is 20.1. The fraction of sp³-hybridized carbons (Fsp3) is 0.292. The van der Waals surface area contributed by atoms with Crippen LogP contribution < -0.4 is 20.1 Å². The topological polar surface area (TPSA) is 111 Å². The zero-order valence-electron chi connectivity index (χ0n) is 18.8. The first-order valence-electron chi connectivity index (χ1n) is 10.7. The van der Waals surface area contributed by atoms with Gasteiger partial charge in [-0.05, 0) is 31.5 Å². The number of hydrogen-bond donors (Lipinski definition) is 3. The van der Waals surface area contributed by atoms with Crippen LogP contribution in [0, 0.1) is 0 Å². The van der Waals surface area contributed by atoms with Gasteiger partial charge < -0.3 is 25.2 Å². The molecule has 2 aromatic carbocycles. The van der Waals surface area contributed by atoms with E-state index >= 15 is 0 Å². The first kappa shape index (κ1) is 22.3. The number of carbonyl (C=O) groups excluding carboxylic acids is 1. The Hall–Kier alpha value is -3.85. The second-order valence-electron chi connectivity index (χ2n) is 7.59. The largest absolute Gasteiger partial charge is 0.496 e. The van der Waals surface area contributed by atoms with E-state index in [1.54, 1.807) is 31.0 Å². The molecule has 0 spiro atoms. The van der Waals surface area contributed by atoms with Crippen LogP contribution in [-0.4, -0.2) is 46.6 Å². The van der Waals surface area contributed by atoms with E-state index in [1.165, 1.54) is 0 Å². The minimum Gasteiger partial charge on any atom is -0.496 e. The number of amides is 1. The highest BCUT2D eigenvalue weighted by molar-refractivity contribution is 6.06. The standard InChI is InChI=1S/C24H27N5O4/c1-15-21(23(31)26-17-10-5-7-12-19(17)33-3)22(16-9-4-6-11-18(16)32-2)29-24(25-15)27-20(28-29)13-8-14-30/h4-7,9-12,22,30H,8,13-14H2,1-3H3,(H,26,31)(H,25,27,28)/t22-/m0/s1. The molecule has 1 aliphatic rings. The molecule has 0 radical (unpaired) electrons. The van der Waals surface area contributed by atoms with E-state index in [9.17, 15) is 9.90 Å². The molecule has 1 aromatic heterocycles. The number of rotatable bonds is 8. The van der Waals surface area contributed by atoms with Crippen molar-refractivity contribution < 1.29 is 19.4 Å². The normalized spacial score (nSPS) is 15.0. The van der Waals surface area contributed by atoms with Gasteiger partial charge in [-0.3, -0.25) is 4.79 Å². The number of para-hydroxylation sites is 3. The van der Waals surface area contributed by atoms with Crippen LogP contribution >= 0.6 is 0 Å². The van der Waals surface area contributed by atoms with Crippen molar-refractivity contribution in [3.05, 3.63) is 71.2 Å². The predicted molar refractivity (Wildman–Crippen MR) is 125 cm³/mol. The van der Waals surface area contributed by atoms with Crippen LogP contribution in [0.2, 0.25) is 0 Å². The number of aromatic nitrogens is 3. The summed E-state index contributed by atoms with van der Waals surface area (Å²) in [6.07, 6.45) is 1.08. The third kappa shape index (κ3) is 4.40. The predicted octanol–water partition coefficient (Wildman–Crippen LogP) is 3.15. The zero-order chi connectivity index (χ0) is 23.4. The van der Waals surface area contributed by atoms with Crippen LogP contribution in [0.3, 0.4) is 0 Å². The molecule has 9 heteroatoms. The highest BCUT2D eigenvalue weighted by atomic mass is 16.5. The summed E-state index contributed by atoms with van der Waals surface area (Å²) in [5.41, 5.74) is 2.49. The van der Waals surface area contributed by atoms with E-state index in [4.69, 9.17) is 9.47 Å². The van der Waals surface area contributed by atoms with Gasteiger partial charge in [0.2, 0.25) is 5.95 Å². The van der Waals surface area contributed by atoms with Crippen molar-refractivity contribution in [2.75, 3.05) is 31.5 Å². The first-order chi connectivity index (χ1) is 16.1. The van der Waals surface area contributed by atoms with Crippen molar-refractivity contribution in [1.82, 2.24) is 14.8 Å². The highest BCUT2D eigenvalue weighted by Gasteiger charge is 2.36. The fourth-order valence-electron chi connectivity index (χ4n) is 3.95. The Morgan fingerprint density at radius 1 is 1.12 bits per heavy atom. The quantitative estimate of drug-likeness (QED) is 0.484. The van der Waals surface area contributed by atoms with E-state index in [0.717, 1.165) is 5.56 Å². The molecule has 1 aliphatic heterocycles. The average Bonchev–Trinajstić information content (AvgIpc) is 3.24. The molecule has 1 atom stereocenters. The molecule has 0 fully saturated rings. The molecule has 0 aliphatic carbocycles. The Labute approximate surface area is 192 Å². The molecule has 33 heavy (non-hydrogen) atoms. The molecule has 0 saturated carbocycles. The summed E-state index contributed by atoms with van der Waals surface area (Å²) >= 11 is 0. The van der Waals surface area contributed by atoms with Gasteiger partial charge in [-0.15, -0.1) is 0 Å². The Bertz CT molecular complexity index is 1190. The molecule has 3 N–H and O–H groups in total. The fourth-order valence-corrected chi connectivity index (χ4v) is 3.95. The van der Waals surface area contributed by atoms with Crippen LogP contribution in [0.15, 0.2) is 59.8 Å². The number of carbonyl (C=O) groups is 1. The van der Waals surface area contributed by atoms with Crippen LogP contribution in [0.4, 0.5) is 11.6 Å². The summed E-state index contributed by atoms with van der Waals surface area (Å²) in [6, 6.07) is 14.2. The van der Waals surface area contributed by atoms with E-state index in [0.29, 0.717) is 53.1 Å². The number of nitrogens with one attached hydrogen (secondary N) is 2. The van der Waals surface area contributed by atoms with Gasteiger partial charge in [0.15, 0.2) is 5.82 Å². The molecular weight excluding hydrogens is 422 g/mol. The number of allylic oxidation sites excluding steroid dienone is 1. The minimum absolute atomic E-state index is 0.0527. The van der Waals surface area contributed by atoms with Crippen LogP contribution in [0.25, 0.3) is 0 Å². The number of hydrogen-bond acceptors (Lipinski definition) is 7. The Kier molecular flexibility index (Phi) is 6.60. The van der Waals surface area contributed by atoms with Crippen molar-refractivity contribution in [3.63, 3.8) is 0 Å². The van der Waals surface area contributed by atoms with Gasteiger partial charge in [-0.1, -0.05) is 30.3 Å². The number of anilines is 2. The third-order valence-electron chi connectivity index (χ3n) is 5.49. The van der Waals surface area contributed by atoms with E-state index in [1.807, 2.05) is 43.3 Å². The van der Waals surface area contributed by atoms with Gasteiger partial charge >= 0.3 is 0 Å². The number of aliphatic hydroxyl groups excluding tert-OH is 1. The van der Waals surface area contributed by atoms with Crippen molar-refractivity contribution >= 4 is 17.5 Å². The molecule has 2 heterocycles. The molecular formula is C24H27N5O4. The van der Waals surface area contributed by atoms with Gasteiger partial charge in [-0.25, -0.2) is 4.68 Å². The Morgan fingerprint density at radius 2 is 1.82 bits per heavy atom. The molecule has 4 rings (SSSR count). The molecule has 1 amide bonds. The van der Waals surface area contributed by atoms with Crippen LogP contribution in [0.5, 0.6) is 11.5 Å². The number of ether oxygens (including phenoxy) is 2. The summed E-state index contributed by atoms with van der Waals surface area (Å²) in [7, 11) is 3.16. The van der Waals surface area contributed by atoms with Crippen molar-refractivity contribution in [1.29, 1.82) is 0 Å². The monoisotopic (exact) mass is 449 g/mol. The number of methoxy groups -OCH3 is 2. The lowest BCUT2D eigenvalue weighted by Crippen LogP contribution is -2.31. The van der Waals surface area contributed by atoms with Gasteiger partial charge in [0, 0.05) is 24.3 Å². The summed E-state index contributed by atoms with van der Waals surface area (Å²) in [4.78, 5) is 18.2. The van der Waals surface area contributed by atoms with Gasteiger partial charge in [0.25, 0.3) is 5.91 Å². The number of aliphatic hydroxyl groups is 1. The summed E-state index contributed by atoms with van der Waals surface area (Å²) < 4.78 is 12.7. The Balaban J connectivity index is 1.80. The SMILES string of the molecule is COc1ccccc1NC(=O)C1=C(C)Nc2nc(CCCO)nn2[C@H]1c1ccccc1OC. The number of fused-ring (bicyclic) bond motifs is 1. The van der Waals surface area contributed by atoms with E-state index < -0.39 is 6.04 Å². The summed E-state index contributed by atoms with van der Waals surface area (Å²) in [6.45, 7) is 1.89. The van der Waals surface area contributed by atoms with Crippen molar-refractivity contribution in [2.45, 2.75) is 25.8 Å². The van der Waals surface area contributed by atoms with Crippen molar-refractivity contribution in [3.8, 4) is 11.5 Å². The smallest absolute Gasteiger partial charge is 0.255 e.